The zero-order chi connectivity index (χ0) is 24.0. The summed E-state index contributed by atoms with van der Waals surface area (Å²) in [5, 5.41) is 0. The Morgan fingerprint density at radius 2 is 1.71 bits per heavy atom. The molecule has 3 fully saturated rings. The molecule has 2 aromatic carbocycles. The van der Waals surface area contributed by atoms with Gasteiger partial charge in [-0.3, -0.25) is 9.08 Å². The summed E-state index contributed by atoms with van der Waals surface area (Å²) in [7, 11) is -4.04. The molecule has 2 aromatic rings. The van der Waals surface area contributed by atoms with Crippen LogP contribution in [0.1, 0.15) is 18.4 Å². The normalized spacial score (nSPS) is 24.6. The second kappa shape index (κ2) is 9.01. The SMILES string of the molecule is Cc1ccc(S(=O)(=O)OC[C@H]2CN(c3cc(F)c(N4C5CCC4CSC5)c(F)c3)C(=O)O2)cc1. The standard InChI is InChI=1S/C23H24F2N2O5S2/c1-14-2-6-19(7-3-14)34(29,30)31-11-18-10-26(23(28)32-18)17-8-20(24)22(21(25)9-17)27-15-4-5-16(27)13-33-12-15/h2-3,6-9,15-16,18H,4-5,10-13H2,1H3/t15?,16?,18-/m1/s1. The number of halogens is 2. The van der Waals surface area contributed by atoms with Crippen LogP contribution in [0.2, 0.25) is 0 Å². The lowest BCUT2D eigenvalue weighted by Crippen LogP contribution is -2.43. The van der Waals surface area contributed by atoms with Gasteiger partial charge in [0.15, 0.2) is 11.6 Å². The topological polar surface area (TPSA) is 76.2 Å². The van der Waals surface area contributed by atoms with E-state index in [1.165, 1.54) is 12.1 Å². The van der Waals surface area contributed by atoms with Crippen LogP contribution in [0.15, 0.2) is 41.3 Å². The maximum absolute atomic E-state index is 15.1. The monoisotopic (exact) mass is 510 g/mol. The summed E-state index contributed by atoms with van der Waals surface area (Å²) in [6, 6.07) is 8.62. The molecule has 3 heterocycles. The highest BCUT2D eigenvalue weighted by atomic mass is 32.2. The Hall–Kier alpha value is -2.37. The van der Waals surface area contributed by atoms with E-state index >= 15 is 8.78 Å². The molecule has 7 nitrogen and oxygen atoms in total. The van der Waals surface area contributed by atoms with Gasteiger partial charge in [0.25, 0.3) is 10.1 Å². The van der Waals surface area contributed by atoms with Gasteiger partial charge in [-0.2, -0.15) is 20.2 Å². The van der Waals surface area contributed by atoms with Gasteiger partial charge in [-0.15, -0.1) is 0 Å². The van der Waals surface area contributed by atoms with Crippen molar-refractivity contribution >= 4 is 39.3 Å². The Morgan fingerprint density at radius 3 is 2.32 bits per heavy atom. The first-order valence-electron chi connectivity index (χ1n) is 11.0. The molecule has 1 amide bonds. The molecular formula is C23H24F2N2O5S2. The summed E-state index contributed by atoms with van der Waals surface area (Å²) >= 11 is 1.80. The highest BCUT2D eigenvalue weighted by Crippen LogP contribution is 2.41. The van der Waals surface area contributed by atoms with Gasteiger partial charge in [0.1, 0.15) is 18.4 Å². The predicted octanol–water partition coefficient (Wildman–Crippen LogP) is 4.09. The number of anilines is 2. The number of cyclic esters (lactones) is 1. The van der Waals surface area contributed by atoms with Crippen molar-refractivity contribution in [3.05, 3.63) is 53.6 Å². The molecule has 0 saturated carbocycles. The molecule has 5 rings (SSSR count). The molecule has 0 aliphatic carbocycles. The van der Waals surface area contributed by atoms with Crippen LogP contribution in [-0.4, -0.2) is 57.4 Å². The molecule has 2 unspecified atom stereocenters. The van der Waals surface area contributed by atoms with Crippen molar-refractivity contribution in [2.45, 2.75) is 42.8 Å². The second-order valence-electron chi connectivity index (χ2n) is 8.76. The lowest BCUT2D eigenvalue weighted by molar-refractivity contribution is 0.107. The van der Waals surface area contributed by atoms with E-state index < -0.39 is 40.6 Å². The molecule has 34 heavy (non-hydrogen) atoms. The summed E-state index contributed by atoms with van der Waals surface area (Å²) in [4.78, 5) is 15.3. The third kappa shape index (κ3) is 4.36. The molecule has 0 spiro atoms. The first-order valence-corrected chi connectivity index (χ1v) is 13.6. The minimum Gasteiger partial charge on any atom is -0.441 e. The highest BCUT2D eigenvalue weighted by Gasteiger charge is 2.40. The molecule has 0 aromatic heterocycles. The van der Waals surface area contributed by atoms with E-state index in [0.29, 0.717) is 0 Å². The van der Waals surface area contributed by atoms with Gasteiger partial charge < -0.3 is 9.64 Å². The van der Waals surface area contributed by atoms with Crippen molar-refractivity contribution in [3.8, 4) is 0 Å². The number of amides is 1. The van der Waals surface area contributed by atoms with Crippen LogP contribution in [0, 0.1) is 18.6 Å². The zero-order valence-electron chi connectivity index (χ0n) is 18.4. The summed E-state index contributed by atoms with van der Waals surface area (Å²) in [6.07, 6.45) is 0.0872. The van der Waals surface area contributed by atoms with Gasteiger partial charge in [0, 0.05) is 35.7 Å². The molecule has 0 N–H and O–H groups in total. The maximum atomic E-state index is 15.1. The van der Waals surface area contributed by atoms with E-state index in [1.54, 1.807) is 23.9 Å². The third-order valence-electron chi connectivity index (χ3n) is 6.40. The average molecular weight is 511 g/mol. The molecule has 2 bridgehead atoms. The highest BCUT2D eigenvalue weighted by molar-refractivity contribution is 7.99. The Balaban J connectivity index is 1.29. The van der Waals surface area contributed by atoms with E-state index in [4.69, 9.17) is 8.92 Å². The van der Waals surface area contributed by atoms with Gasteiger partial charge in [-0.25, -0.2) is 13.6 Å². The zero-order valence-corrected chi connectivity index (χ0v) is 20.1. The number of hydrogen-bond acceptors (Lipinski definition) is 7. The van der Waals surface area contributed by atoms with Crippen molar-refractivity contribution in [3.63, 3.8) is 0 Å². The van der Waals surface area contributed by atoms with E-state index in [9.17, 15) is 13.2 Å². The van der Waals surface area contributed by atoms with Crippen LogP contribution in [0.4, 0.5) is 25.0 Å². The van der Waals surface area contributed by atoms with E-state index in [1.807, 2.05) is 11.8 Å². The van der Waals surface area contributed by atoms with Crippen LogP contribution < -0.4 is 9.80 Å². The largest absolute Gasteiger partial charge is 0.441 e. The van der Waals surface area contributed by atoms with Gasteiger partial charge >= 0.3 is 6.09 Å². The third-order valence-corrected chi connectivity index (χ3v) is 8.94. The van der Waals surface area contributed by atoms with E-state index in [-0.39, 0.29) is 34.9 Å². The fourth-order valence-electron chi connectivity index (χ4n) is 4.71. The number of ether oxygens (including phenoxy) is 1. The summed E-state index contributed by atoms with van der Waals surface area (Å²) in [5.41, 5.74) is 0.871. The fraction of sp³-hybridized carbons (Fsp3) is 0.435. The average Bonchev–Trinajstić information content (AvgIpc) is 3.27. The summed E-state index contributed by atoms with van der Waals surface area (Å²) < 4.78 is 65.2. The lowest BCUT2D eigenvalue weighted by Gasteiger charge is -2.37. The predicted molar refractivity (Wildman–Crippen MR) is 125 cm³/mol. The van der Waals surface area contributed by atoms with Crippen LogP contribution in [-0.2, 0) is 19.0 Å². The lowest BCUT2D eigenvalue weighted by atomic mass is 10.2. The number of rotatable bonds is 6. The number of thioether (sulfide) groups is 1. The van der Waals surface area contributed by atoms with Gasteiger partial charge in [-0.1, -0.05) is 17.7 Å². The number of nitrogens with zero attached hydrogens (tertiary/aromatic N) is 2. The number of carbonyl (C=O) groups is 1. The summed E-state index contributed by atoms with van der Waals surface area (Å²) in [6.45, 7) is 1.33. The van der Waals surface area contributed by atoms with Crippen LogP contribution in [0.5, 0.6) is 0 Å². The molecular weight excluding hydrogens is 486 g/mol. The quantitative estimate of drug-likeness (QED) is 0.542. The maximum Gasteiger partial charge on any atom is 0.414 e. The van der Waals surface area contributed by atoms with Gasteiger partial charge in [0.2, 0.25) is 0 Å². The van der Waals surface area contributed by atoms with Crippen molar-refractivity contribution in [1.82, 2.24) is 0 Å². The number of hydrogen-bond donors (Lipinski definition) is 0. The smallest absolute Gasteiger partial charge is 0.414 e. The van der Waals surface area contributed by atoms with Gasteiger partial charge in [-0.05, 0) is 31.9 Å². The van der Waals surface area contributed by atoms with Gasteiger partial charge in [0.05, 0.1) is 17.1 Å². The Kier molecular flexibility index (Phi) is 6.19. The molecule has 3 saturated heterocycles. The number of carbonyl (C=O) groups excluding carboxylic acids is 1. The van der Waals surface area contributed by atoms with E-state index in [2.05, 4.69) is 0 Å². The Labute approximate surface area is 201 Å². The minimum absolute atomic E-state index is 0.0101. The Morgan fingerprint density at radius 1 is 1.09 bits per heavy atom. The molecule has 3 atom stereocenters. The molecule has 3 aliphatic rings. The first-order chi connectivity index (χ1) is 16.2. The van der Waals surface area contributed by atoms with Crippen molar-refractivity contribution in [1.29, 1.82) is 0 Å². The fourth-order valence-corrected chi connectivity index (χ4v) is 6.98. The van der Waals surface area contributed by atoms with E-state index in [0.717, 1.165) is 46.9 Å². The van der Waals surface area contributed by atoms with Crippen LogP contribution in [0.25, 0.3) is 0 Å². The first kappa shape index (κ1) is 23.4. The molecule has 11 heteroatoms. The summed E-state index contributed by atoms with van der Waals surface area (Å²) in [5.74, 6) is 0.215. The molecule has 182 valence electrons. The Bertz CT molecular complexity index is 1170. The second-order valence-corrected chi connectivity index (χ2v) is 11.4. The van der Waals surface area contributed by atoms with Crippen molar-refractivity contribution < 1.29 is 30.9 Å². The molecule has 0 radical (unpaired) electrons. The molecule has 3 aliphatic heterocycles. The minimum atomic E-state index is -4.04. The van der Waals surface area contributed by atoms with Crippen molar-refractivity contribution in [2.75, 3.05) is 34.5 Å². The van der Waals surface area contributed by atoms with Crippen molar-refractivity contribution in [2.24, 2.45) is 0 Å². The number of aryl methyl sites for hydroxylation is 1. The van der Waals surface area contributed by atoms with Crippen LogP contribution >= 0.6 is 11.8 Å². The van der Waals surface area contributed by atoms with Crippen LogP contribution in [0.3, 0.4) is 0 Å². The number of fused-ring (bicyclic) bond motifs is 2. The number of benzene rings is 2.